The fourth-order valence-corrected chi connectivity index (χ4v) is 3.87. The van der Waals surface area contributed by atoms with Crippen LogP contribution in [0.1, 0.15) is 17.9 Å². The molecule has 4 rings (SSSR count). The average Bonchev–Trinajstić information content (AvgIpc) is 3.10. The van der Waals surface area contributed by atoms with Gasteiger partial charge in [-0.3, -0.25) is 9.69 Å². The van der Waals surface area contributed by atoms with Crippen molar-refractivity contribution in [2.75, 3.05) is 25.7 Å². The second kappa shape index (κ2) is 7.33. The van der Waals surface area contributed by atoms with E-state index in [1.807, 2.05) is 0 Å². The molecule has 7 nitrogen and oxygen atoms in total. The molecule has 0 saturated heterocycles. The zero-order chi connectivity index (χ0) is 20.7. The summed E-state index contributed by atoms with van der Waals surface area (Å²) in [5.74, 6) is -0.949. The lowest BCUT2D eigenvalue weighted by Crippen LogP contribution is -2.37. The number of carbonyl (C=O) groups excluding carboxylic acids is 2. The third kappa shape index (κ3) is 3.17. The van der Waals surface area contributed by atoms with Crippen LogP contribution in [-0.2, 0) is 14.3 Å². The first-order valence-corrected chi connectivity index (χ1v) is 9.26. The minimum absolute atomic E-state index is 0.00534. The molecule has 2 aliphatic rings. The number of phenols is 1. The van der Waals surface area contributed by atoms with Gasteiger partial charge in [0.05, 0.1) is 25.5 Å². The van der Waals surface area contributed by atoms with E-state index in [4.69, 9.17) is 25.8 Å². The van der Waals surface area contributed by atoms with Crippen molar-refractivity contribution in [3.63, 3.8) is 0 Å². The number of ether oxygens (including phenoxy) is 3. The molecule has 150 valence electrons. The lowest BCUT2D eigenvalue weighted by Gasteiger charge is -2.32. The van der Waals surface area contributed by atoms with Gasteiger partial charge in [-0.2, -0.15) is 0 Å². The summed E-state index contributed by atoms with van der Waals surface area (Å²) in [4.78, 5) is 27.1. The van der Waals surface area contributed by atoms with E-state index in [9.17, 15) is 14.7 Å². The van der Waals surface area contributed by atoms with E-state index in [2.05, 4.69) is 0 Å². The Hall–Kier alpha value is -3.19. The zero-order valence-corrected chi connectivity index (χ0v) is 16.5. The number of carbonyl (C=O) groups is 2. The molecule has 8 heteroatoms. The molecule has 0 fully saturated rings. The van der Waals surface area contributed by atoms with Gasteiger partial charge in [-0.05, 0) is 42.0 Å². The second-order valence-electron chi connectivity index (χ2n) is 6.67. The third-order valence-corrected chi connectivity index (χ3v) is 5.36. The smallest absolute Gasteiger partial charge is 0.336 e. The topological polar surface area (TPSA) is 85.3 Å². The van der Waals surface area contributed by atoms with Crippen LogP contribution in [0.5, 0.6) is 17.2 Å². The first-order valence-electron chi connectivity index (χ1n) is 8.88. The van der Waals surface area contributed by atoms with Gasteiger partial charge in [-0.15, -0.1) is 0 Å². The molecule has 0 aliphatic carbocycles. The van der Waals surface area contributed by atoms with Crippen LogP contribution in [-0.4, -0.2) is 37.8 Å². The number of phenolic OH excluding ortho intramolecular Hbond substituents is 1. The Balaban J connectivity index is 1.84. The van der Waals surface area contributed by atoms with Crippen LogP contribution < -0.4 is 14.4 Å². The summed E-state index contributed by atoms with van der Waals surface area (Å²) in [7, 11) is 2.84. The van der Waals surface area contributed by atoms with Crippen LogP contribution in [0.4, 0.5) is 5.69 Å². The van der Waals surface area contributed by atoms with Crippen molar-refractivity contribution >= 4 is 29.2 Å². The number of amides is 1. The van der Waals surface area contributed by atoms with E-state index in [-0.39, 0.29) is 36.2 Å². The molecule has 2 heterocycles. The molecule has 0 saturated carbocycles. The van der Waals surface area contributed by atoms with Crippen molar-refractivity contribution in [2.45, 2.75) is 12.3 Å². The Labute approximate surface area is 172 Å². The Bertz CT molecular complexity index is 1000. The highest BCUT2D eigenvalue weighted by Gasteiger charge is 2.43. The lowest BCUT2D eigenvalue weighted by atomic mass is 9.83. The van der Waals surface area contributed by atoms with E-state index in [1.165, 1.54) is 19.1 Å². The minimum Gasteiger partial charge on any atom is -0.502 e. The number of nitrogens with zero attached hydrogens (tertiary/aromatic N) is 1. The van der Waals surface area contributed by atoms with Gasteiger partial charge < -0.3 is 19.3 Å². The number of halogens is 1. The van der Waals surface area contributed by atoms with Gasteiger partial charge in [0.15, 0.2) is 11.5 Å². The van der Waals surface area contributed by atoms with Gasteiger partial charge >= 0.3 is 5.97 Å². The van der Waals surface area contributed by atoms with Gasteiger partial charge in [-0.25, -0.2) is 4.79 Å². The summed E-state index contributed by atoms with van der Waals surface area (Å²) in [5.41, 5.74) is 2.15. The van der Waals surface area contributed by atoms with Gasteiger partial charge in [0.1, 0.15) is 6.61 Å². The first kappa shape index (κ1) is 19.1. The molecule has 0 unspecified atom stereocenters. The van der Waals surface area contributed by atoms with Crippen molar-refractivity contribution in [3.05, 3.63) is 58.3 Å². The summed E-state index contributed by atoms with van der Waals surface area (Å²) < 4.78 is 15.7. The van der Waals surface area contributed by atoms with Crippen LogP contribution in [0.15, 0.2) is 47.7 Å². The van der Waals surface area contributed by atoms with Crippen LogP contribution in [0, 0.1) is 0 Å². The Morgan fingerprint density at radius 2 is 1.72 bits per heavy atom. The van der Waals surface area contributed by atoms with E-state index in [0.29, 0.717) is 27.5 Å². The second-order valence-corrected chi connectivity index (χ2v) is 7.11. The van der Waals surface area contributed by atoms with Crippen molar-refractivity contribution in [2.24, 2.45) is 0 Å². The quantitative estimate of drug-likeness (QED) is 0.770. The van der Waals surface area contributed by atoms with Crippen molar-refractivity contribution < 1.29 is 28.9 Å². The normalized spacial score (nSPS) is 18.6. The van der Waals surface area contributed by atoms with Gasteiger partial charge in [0.25, 0.3) is 0 Å². The molecule has 1 atom stereocenters. The first-order chi connectivity index (χ1) is 13.9. The van der Waals surface area contributed by atoms with Gasteiger partial charge in [0.2, 0.25) is 11.7 Å². The number of rotatable bonds is 4. The summed E-state index contributed by atoms with van der Waals surface area (Å²) in [6, 6.07) is 10.0. The van der Waals surface area contributed by atoms with Crippen LogP contribution in [0.2, 0.25) is 5.02 Å². The van der Waals surface area contributed by atoms with Crippen LogP contribution in [0.25, 0.3) is 0 Å². The highest BCUT2D eigenvalue weighted by atomic mass is 35.5. The fourth-order valence-electron chi connectivity index (χ4n) is 3.74. The van der Waals surface area contributed by atoms with E-state index in [0.717, 1.165) is 0 Å². The number of aromatic hydroxyl groups is 1. The summed E-state index contributed by atoms with van der Waals surface area (Å²) >= 11 is 5.96. The molecule has 2 aliphatic heterocycles. The highest BCUT2D eigenvalue weighted by Crippen LogP contribution is 2.46. The van der Waals surface area contributed by atoms with E-state index < -0.39 is 11.9 Å². The molecule has 2 aromatic carbocycles. The molecular formula is C21H18ClNO6. The number of anilines is 1. The maximum Gasteiger partial charge on any atom is 0.336 e. The number of benzene rings is 2. The number of esters is 1. The predicted molar refractivity (Wildman–Crippen MR) is 105 cm³/mol. The Morgan fingerprint density at radius 3 is 2.31 bits per heavy atom. The third-order valence-electron chi connectivity index (χ3n) is 5.11. The molecule has 0 radical (unpaired) electrons. The van der Waals surface area contributed by atoms with E-state index >= 15 is 0 Å². The SMILES string of the molecule is COc1cc([C@@H]2CC(=O)N(c3ccc(Cl)cc3)C3=C2C(=O)OC3)cc(OC)c1O. The van der Waals surface area contributed by atoms with Crippen LogP contribution in [0.3, 0.4) is 0 Å². The lowest BCUT2D eigenvalue weighted by molar-refractivity contribution is -0.136. The number of hydrogen-bond acceptors (Lipinski definition) is 6. The molecular weight excluding hydrogens is 398 g/mol. The van der Waals surface area contributed by atoms with Crippen molar-refractivity contribution in [1.29, 1.82) is 0 Å². The summed E-state index contributed by atoms with van der Waals surface area (Å²) in [5, 5.41) is 10.7. The van der Waals surface area contributed by atoms with Crippen molar-refractivity contribution in [3.8, 4) is 17.2 Å². The van der Waals surface area contributed by atoms with Gasteiger partial charge in [0, 0.05) is 23.0 Å². The zero-order valence-electron chi connectivity index (χ0n) is 15.8. The van der Waals surface area contributed by atoms with Crippen LogP contribution >= 0.6 is 11.6 Å². The number of cyclic esters (lactones) is 1. The predicted octanol–water partition coefficient (Wildman–Crippen LogP) is 3.39. The molecule has 29 heavy (non-hydrogen) atoms. The fraction of sp³-hybridized carbons (Fsp3) is 0.238. The summed E-state index contributed by atoms with van der Waals surface area (Å²) in [6.07, 6.45) is 0.0492. The number of hydrogen-bond donors (Lipinski definition) is 1. The molecule has 1 amide bonds. The molecule has 1 N–H and O–H groups in total. The Kier molecular flexibility index (Phi) is 4.84. The average molecular weight is 416 g/mol. The summed E-state index contributed by atoms with van der Waals surface area (Å²) in [6.45, 7) is 0.00534. The Morgan fingerprint density at radius 1 is 1.10 bits per heavy atom. The minimum atomic E-state index is -0.542. The highest BCUT2D eigenvalue weighted by molar-refractivity contribution is 6.30. The molecule has 2 aromatic rings. The monoisotopic (exact) mass is 415 g/mol. The standard InChI is InChI=1S/C21H18ClNO6/c1-27-16-7-11(8-17(28-2)20(16)25)14-9-18(24)23(13-5-3-12(22)4-6-13)15-10-29-21(26)19(14)15/h3-8,14,25H,9-10H2,1-2H3/t14-/m0/s1. The maximum absolute atomic E-state index is 13.1. The van der Waals surface area contributed by atoms with Gasteiger partial charge in [-0.1, -0.05) is 11.6 Å². The largest absolute Gasteiger partial charge is 0.502 e. The molecule has 0 spiro atoms. The molecule has 0 bridgehead atoms. The van der Waals surface area contributed by atoms with E-state index in [1.54, 1.807) is 36.4 Å². The number of methoxy groups -OCH3 is 2. The molecule has 0 aromatic heterocycles. The van der Waals surface area contributed by atoms with Crippen molar-refractivity contribution in [1.82, 2.24) is 0 Å². The maximum atomic E-state index is 13.1.